The van der Waals surface area contributed by atoms with E-state index in [1.165, 1.54) is 0 Å². The number of rotatable bonds is 3. The van der Waals surface area contributed by atoms with Crippen molar-refractivity contribution in [3.8, 4) is 0 Å². The molecule has 2 aromatic carbocycles. The number of hydrogen-bond acceptors (Lipinski definition) is 3. The van der Waals surface area contributed by atoms with Crippen molar-refractivity contribution in [2.45, 2.75) is 25.7 Å². The van der Waals surface area contributed by atoms with E-state index in [-0.39, 0.29) is 4.90 Å². The SMILES string of the molecule is Cc1cc(C)c(NS(=O)(=O)c2cccc(N)c2C)c(Br)c1. The molecule has 3 N–H and O–H groups in total. The summed E-state index contributed by atoms with van der Waals surface area (Å²) in [5, 5.41) is 0. The van der Waals surface area contributed by atoms with Gasteiger partial charge in [-0.2, -0.15) is 0 Å². The lowest BCUT2D eigenvalue weighted by Crippen LogP contribution is -2.16. The summed E-state index contributed by atoms with van der Waals surface area (Å²) < 4.78 is 28.5. The molecule has 0 aliphatic heterocycles. The van der Waals surface area contributed by atoms with Crippen molar-refractivity contribution in [2.75, 3.05) is 10.5 Å². The minimum absolute atomic E-state index is 0.189. The predicted octanol–water partition coefficient (Wildman–Crippen LogP) is 3.76. The molecule has 0 unspecified atom stereocenters. The van der Waals surface area contributed by atoms with Crippen molar-refractivity contribution < 1.29 is 8.42 Å². The first kappa shape index (κ1) is 15.9. The molecule has 4 nitrogen and oxygen atoms in total. The van der Waals surface area contributed by atoms with Gasteiger partial charge < -0.3 is 5.73 Å². The van der Waals surface area contributed by atoms with Crippen molar-refractivity contribution in [3.05, 3.63) is 51.5 Å². The second-order valence-corrected chi connectivity index (χ2v) is 7.52. The van der Waals surface area contributed by atoms with E-state index < -0.39 is 10.0 Å². The van der Waals surface area contributed by atoms with Gasteiger partial charge in [0.1, 0.15) is 0 Å². The van der Waals surface area contributed by atoms with Crippen molar-refractivity contribution in [2.24, 2.45) is 0 Å². The smallest absolute Gasteiger partial charge is 0.262 e. The molecule has 0 amide bonds. The van der Waals surface area contributed by atoms with Crippen LogP contribution in [0.25, 0.3) is 0 Å². The van der Waals surface area contributed by atoms with E-state index >= 15 is 0 Å². The second kappa shape index (κ2) is 5.69. The first-order valence-electron chi connectivity index (χ1n) is 6.37. The third-order valence-electron chi connectivity index (χ3n) is 3.28. The fourth-order valence-electron chi connectivity index (χ4n) is 2.16. The molecule has 0 saturated heterocycles. The van der Waals surface area contributed by atoms with Gasteiger partial charge in [0.25, 0.3) is 10.0 Å². The standard InChI is InChI=1S/C15H17BrN2O2S/c1-9-7-10(2)15(12(16)8-9)18-21(19,20)14-6-4-5-13(17)11(14)3/h4-8,18H,17H2,1-3H3. The maximum Gasteiger partial charge on any atom is 0.262 e. The number of sulfonamides is 1. The number of anilines is 2. The summed E-state index contributed by atoms with van der Waals surface area (Å²) in [6, 6.07) is 8.66. The summed E-state index contributed by atoms with van der Waals surface area (Å²) in [6.07, 6.45) is 0. The first-order valence-corrected chi connectivity index (χ1v) is 8.64. The Hall–Kier alpha value is -1.53. The van der Waals surface area contributed by atoms with Gasteiger partial charge in [0.2, 0.25) is 0 Å². The molecular weight excluding hydrogens is 352 g/mol. The van der Waals surface area contributed by atoms with Gasteiger partial charge in [0.15, 0.2) is 0 Å². The Balaban J connectivity index is 2.50. The minimum atomic E-state index is -3.68. The topological polar surface area (TPSA) is 72.2 Å². The van der Waals surface area contributed by atoms with Crippen LogP contribution in [0.1, 0.15) is 16.7 Å². The average molecular weight is 369 g/mol. The van der Waals surface area contributed by atoms with Gasteiger partial charge in [-0.3, -0.25) is 4.72 Å². The highest BCUT2D eigenvalue weighted by Crippen LogP contribution is 2.31. The van der Waals surface area contributed by atoms with Gasteiger partial charge in [-0.05, 0) is 71.6 Å². The predicted molar refractivity (Wildman–Crippen MR) is 90.0 cm³/mol. The molecule has 0 aliphatic carbocycles. The van der Waals surface area contributed by atoms with E-state index in [9.17, 15) is 8.42 Å². The van der Waals surface area contributed by atoms with Crippen LogP contribution in [0.3, 0.4) is 0 Å². The lowest BCUT2D eigenvalue weighted by molar-refractivity contribution is 0.600. The van der Waals surface area contributed by atoms with Crippen LogP contribution < -0.4 is 10.5 Å². The zero-order valence-corrected chi connectivity index (χ0v) is 14.5. The van der Waals surface area contributed by atoms with E-state index in [1.807, 2.05) is 26.0 Å². The lowest BCUT2D eigenvalue weighted by Gasteiger charge is -2.15. The fraction of sp³-hybridized carbons (Fsp3) is 0.200. The van der Waals surface area contributed by atoms with E-state index in [2.05, 4.69) is 20.7 Å². The summed E-state index contributed by atoms with van der Waals surface area (Å²) >= 11 is 3.40. The molecule has 0 saturated carbocycles. The molecule has 0 radical (unpaired) electrons. The molecule has 2 aromatic rings. The Morgan fingerprint density at radius 3 is 2.43 bits per heavy atom. The van der Waals surface area contributed by atoms with Crippen molar-refractivity contribution in [3.63, 3.8) is 0 Å². The van der Waals surface area contributed by atoms with Crippen molar-refractivity contribution in [1.29, 1.82) is 0 Å². The zero-order chi connectivity index (χ0) is 15.8. The number of hydrogen-bond donors (Lipinski definition) is 2. The third-order valence-corrected chi connectivity index (χ3v) is 5.40. The lowest BCUT2D eigenvalue weighted by atomic mass is 10.1. The maximum atomic E-state index is 12.6. The Morgan fingerprint density at radius 2 is 1.81 bits per heavy atom. The Labute approximate surface area is 133 Å². The van der Waals surface area contributed by atoms with E-state index in [4.69, 9.17) is 5.73 Å². The van der Waals surface area contributed by atoms with Gasteiger partial charge in [0, 0.05) is 10.2 Å². The molecule has 0 aliphatic rings. The highest BCUT2D eigenvalue weighted by Gasteiger charge is 2.20. The number of nitrogen functional groups attached to an aromatic ring is 1. The molecule has 0 spiro atoms. The molecule has 6 heteroatoms. The summed E-state index contributed by atoms with van der Waals surface area (Å²) in [4.78, 5) is 0.189. The summed E-state index contributed by atoms with van der Waals surface area (Å²) in [5.41, 5.74) is 9.25. The van der Waals surface area contributed by atoms with Crippen LogP contribution in [0, 0.1) is 20.8 Å². The highest BCUT2D eigenvalue weighted by molar-refractivity contribution is 9.10. The van der Waals surface area contributed by atoms with Crippen LogP contribution in [0.2, 0.25) is 0 Å². The summed E-state index contributed by atoms with van der Waals surface area (Å²) in [5.74, 6) is 0. The van der Waals surface area contributed by atoms with Crippen LogP contribution in [-0.2, 0) is 10.0 Å². The van der Waals surface area contributed by atoms with Crippen LogP contribution in [0.15, 0.2) is 39.7 Å². The van der Waals surface area contributed by atoms with Gasteiger partial charge in [-0.25, -0.2) is 8.42 Å². The zero-order valence-electron chi connectivity index (χ0n) is 12.1. The molecule has 112 valence electrons. The quantitative estimate of drug-likeness (QED) is 0.810. The van der Waals surface area contributed by atoms with Gasteiger partial charge in [-0.1, -0.05) is 12.1 Å². The fourth-order valence-corrected chi connectivity index (χ4v) is 4.49. The first-order chi connectivity index (χ1) is 9.72. The Kier molecular flexibility index (Phi) is 4.30. The number of nitrogens with two attached hydrogens (primary N) is 1. The van der Waals surface area contributed by atoms with Crippen LogP contribution in [0.5, 0.6) is 0 Å². The van der Waals surface area contributed by atoms with Crippen LogP contribution in [0.4, 0.5) is 11.4 Å². The van der Waals surface area contributed by atoms with E-state index in [0.717, 1.165) is 11.1 Å². The van der Waals surface area contributed by atoms with E-state index in [0.29, 0.717) is 21.4 Å². The van der Waals surface area contributed by atoms with Gasteiger partial charge in [0.05, 0.1) is 10.6 Å². The third kappa shape index (κ3) is 3.22. The molecular formula is C15H17BrN2O2S. The summed E-state index contributed by atoms with van der Waals surface area (Å²) in [7, 11) is -3.68. The van der Waals surface area contributed by atoms with Gasteiger partial charge >= 0.3 is 0 Å². The monoisotopic (exact) mass is 368 g/mol. The highest BCUT2D eigenvalue weighted by atomic mass is 79.9. The number of halogens is 1. The molecule has 0 atom stereocenters. The molecule has 0 aromatic heterocycles. The normalized spacial score (nSPS) is 11.4. The molecule has 0 heterocycles. The average Bonchev–Trinajstić information content (AvgIpc) is 2.37. The number of aryl methyl sites for hydroxylation is 2. The van der Waals surface area contributed by atoms with E-state index in [1.54, 1.807) is 25.1 Å². The Morgan fingerprint density at radius 1 is 1.14 bits per heavy atom. The molecule has 0 bridgehead atoms. The Bertz CT molecular complexity index is 778. The number of benzene rings is 2. The molecule has 21 heavy (non-hydrogen) atoms. The largest absolute Gasteiger partial charge is 0.398 e. The van der Waals surface area contributed by atoms with Crippen molar-refractivity contribution in [1.82, 2.24) is 0 Å². The van der Waals surface area contributed by atoms with Crippen LogP contribution >= 0.6 is 15.9 Å². The second-order valence-electron chi connectivity index (χ2n) is 5.01. The minimum Gasteiger partial charge on any atom is -0.398 e. The maximum absolute atomic E-state index is 12.6. The van der Waals surface area contributed by atoms with Crippen molar-refractivity contribution >= 4 is 37.3 Å². The number of nitrogens with one attached hydrogen (secondary N) is 1. The summed E-state index contributed by atoms with van der Waals surface area (Å²) in [6.45, 7) is 5.51. The molecule has 0 fully saturated rings. The van der Waals surface area contributed by atoms with Crippen LogP contribution in [-0.4, -0.2) is 8.42 Å². The van der Waals surface area contributed by atoms with Gasteiger partial charge in [-0.15, -0.1) is 0 Å². The molecule has 2 rings (SSSR count).